The Kier molecular flexibility index (Phi) is 3.68. The van der Waals surface area contributed by atoms with Gasteiger partial charge in [0.15, 0.2) is 0 Å². The van der Waals surface area contributed by atoms with Crippen LogP contribution in [0.2, 0.25) is 0 Å². The molecule has 0 amide bonds. The lowest BCUT2D eigenvalue weighted by atomic mass is 10.0. The van der Waals surface area contributed by atoms with E-state index in [1.165, 1.54) is 22.3 Å². The molecule has 1 aliphatic heterocycles. The van der Waals surface area contributed by atoms with Gasteiger partial charge in [-0.05, 0) is 41.3 Å². The van der Waals surface area contributed by atoms with E-state index < -0.39 is 0 Å². The fraction of sp³-hybridized carbons (Fsp3) is 0.250. The van der Waals surface area contributed by atoms with Crippen LogP contribution < -0.4 is 4.74 Å². The van der Waals surface area contributed by atoms with Gasteiger partial charge in [-0.3, -0.25) is 0 Å². The van der Waals surface area contributed by atoms with Crippen molar-refractivity contribution in [2.75, 3.05) is 6.61 Å². The van der Waals surface area contributed by atoms with E-state index >= 15 is 0 Å². The van der Waals surface area contributed by atoms with Crippen molar-refractivity contribution < 1.29 is 4.74 Å². The number of hydrogen-bond acceptors (Lipinski definition) is 1. The summed E-state index contributed by atoms with van der Waals surface area (Å²) in [6.07, 6.45) is 1.02. The molecule has 98 valence electrons. The highest BCUT2D eigenvalue weighted by Crippen LogP contribution is 2.36. The molecule has 1 atom stereocenters. The first-order chi connectivity index (χ1) is 9.15. The monoisotopic (exact) mass is 380 g/mol. The first-order valence-corrected chi connectivity index (χ1v) is 8.02. The first-order valence-electron chi connectivity index (χ1n) is 6.31. The van der Waals surface area contributed by atoms with Crippen LogP contribution in [0.15, 0.2) is 40.9 Å². The minimum atomic E-state index is 0.227. The lowest BCUT2D eigenvalue weighted by molar-refractivity contribution is 0.357. The minimum Gasteiger partial charge on any atom is -0.493 e. The van der Waals surface area contributed by atoms with Crippen molar-refractivity contribution in [1.29, 1.82) is 0 Å². The van der Waals surface area contributed by atoms with Crippen LogP contribution in [0.4, 0.5) is 0 Å². The van der Waals surface area contributed by atoms with Crippen molar-refractivity contribution in [3.05, 3.63) is 63.1 Å². The number of rotatable bonds is 2. The van der Waals surface area contributed by atoms with Gasteiger partial charge in [-0.15, -0.1) is 0 Å². The number of ether oxygens (including phenoxy) is 1. The molecule has 1 nitrogen and oxygen atoms in total. The SMILES string of the molecule is Cc1cc(C(Br)c2ccc3c(c2)CCO3)ccc1Br. The largest absolute Gasteiger partial charge is 0.493 e. The maximum absolute atomic E-state index is 5.55. The van der Waals surface area contributed by atoms with E-state index in [9.17, 15) is 0 Å². The summed E-state index contributed by atoms with van der Waals surface area (Å²) in [6.45, 7) is 2.92. The zero-order chi connectivity index (χ0) is 13.4. The van der Waals surface area contributed by atoms with Crippen LogP contribution in [-0.2, 0) is 6.42 Å². The molecule has 0 N–H and O–H groups in total. The second-order valence-corrected chi connectivity index (χ2v) is 6.61. The van der Waals surface area contributed by atoms with Crippen molar-refractivity contribution in [2.45, 2.75) is 18.2 Å². The molecule has 3 rings (SSSR count). The van der Waals surface area contributed by atoms with Crippen LogP contribution in [0.1, 0.15) is 27.1 Å². The van der Waals surface area contributed by atoms with Crippen LogP contribution in [0.5, 0.6) is 5.75 Å². The van der Waals surface area contributed by atoms with Gasteiger partial charge in [-0.25, -0.2) is 0 Å². The maximum Gasteiger partial charge on any atom is 0.122 e. The van der Waals surface area contributed by atoms with Gasteiger partial charge in [0.2, 0.25) is 0 Å². The van der Waals surface area contributed by atoms with Crippen LogP contribution in [-0.4, -0.2) is 6.61 Å². The number of alkyl halides is 1. The molecule has 0 saturated carbocycles. The number of aryl methyl sites for hydroxylation is 1. The Labute approximate surface area is 130 Å². The molecule has 19 heavy (non-hydrogen) atoms. The second kappa shape index (κ2) is 5.29. The Hall–Kier alpha value is -0.800. The van der Waals surface area contributed by atoms with Gasteiger partial charge < -0.3 is 4.74 Å². The predicted molar refractivity (Wildman–Crippen MR) is 85.3 cm³/mol. The summed E-state index contributed by atoms with van der Waals surface area (Å²) >= 11 is 7.35. The predicted octanol–water partition coefficient (Wildman–Crippen LogP) is 5.18. The number of hydrogen-bond donors (Lipinski definition) is 0. The lowest BCUT2D eigenvalue weighted by Crippen LogP contribution is -1.94. The zero-order valence-corrected chi connectivity index (χ0v) is 13.8. The van der Waals surface area contributed by atoms with E-state index in [1.54, 1.807) is 0 Å². The summed E-state index contributed by atoms with van der Waals surface area (Å²) in [6, 6.07) is 12.9. The van der Waals surface area contributed by atoms with Gasteiger partial charge in [0.25, 0.3) is 0 Å². The Morgan fingerprint density at radius 1 is 1.11 bits per heavy atom. The average molecular weight is 382 g/mol. The second-order valence-electron chi connectivity index (χ2n) is 4.84. The Bertz CT molecular complexity index is 622. The summed E-state index contributed by atoms with van der Waals surface area (Å²) in [7, 11) is 0. The van der Waals surface area contributed by atoms with Gasteiger partial charge in [0, 0.05) is 10.9 Å². The number of fused-ring (bicyclic) bond motifs is 1. The molecule has 1 unspecified atom stereocenters. The van der Waals surface area contributed by atoms with Crippen LogP contribution in [0, 0.1) is 6.92 Å². The van der Waals surface area contributed by atoms with Crippen LogP contribution in [0.25, 0.3) is 0 Å². The topological polar surface area (TPSA) is 9.23 Å². The standard InChI is InChI=1S/C16H14Br2O/c1-10-8-12(2-4-14(10)17)16(18)13-3-5-15-11(9-13)6-7-19-15/h2-5,8-9,16H,6-7H2,1H3. The molecular formula is C16H14Br2O. The highest BCUT2D eigenvalue weighted by atomic mass is 79.9. The van der Waals surface area contributed by atoms with Crippen LogP contribution in [0.3, 0.4) is 0 Å². The third-order valence-electron chi connectivity index (χ3n) is 3.48. The van der Waals surface area contributed by atoms with E-state index in [0.29, 0.717) is 0 Å². The van der Waals surface area contributed by atoms with E-state index in [1.807, 2.05) is 0 Å². The van der Waals surface area contributed by atoms with Crippen LogP contribution >= 0.6 is 31.9 Å². The zero-order valence-electron chi connectivity index (χ0n) is 10.6. The smallest absolute Gasteiger partial charge is 0.122 e. The molecule has 1 aliphatic rings. The number of halogens is 2. The summed E-state index contributed by atoms with van der Waals surface area (Å²) in [5.41, 5.74) is 5.13. The van der Waals surface area contributed by atoms with Crippen molar-refractivity contribution >= 4 is 31.9 Å². The lowest BCUT2D eigenvalue weighted by Gasteiger charge is -2.13. The van der Waals surface area contributed by atoms with Crippen molar-refractivity contribution in [2.24, 2.45) is 0 Å². The molecule has 0 spiro atoms. The molecule has 2 aromatic rings. The summed E-state index contributed by atoms with van der Waals surface area (Å²) in [5, 5.41) is 0. The molecule has 0 fully saturated rings. The van der Waals surface area contributed by atoms with Gasteiger partial charge in [-0.1, -0.05) is 56.1 Å². The molecule has 0 radical (unpaired) electrons. The fourth-order valence-electron chi connectivity index (χ4n) is 2.38. The van der Waals surface area contributed by atoms with Gasteiger partial charge in [-0.2, -0.15) is 0 Å². The summed E-state index contributed by atoms with van der Waals surface area (Å²) in [4.78, 5) is 0.227. The molecule has 1 heterocycles. The van der Waals surface area contributed by atoms with Gasteiger partial charge in [0.05, 0.1) is 11.4 Å². The number of benzene rings is 2. The molecule has 0 saturated heterocycles. The highest BCUT2D eigenvalue weighted by molar-refractivity contribution is 9.10. The highest BCUT2D eigenvalue weighted by Gasteiger charge is 2.16. The maximum atomic E-state index is 5.55. The third kappa shape index (κ3) is 2.59. The molecule has 2 aromatic carbocycles. The Morgan fingerprint density at radius 2 is 1.84 bits per heavy atom. The molecular weight excluding hydrogens is 368 g/mol. The van der Waals surface area contributed by atoms with Gasteiger partial charge >= 0.3 is 0 Å². The van der Waals surface area contributed by atoms with E-state index in [4.69, 9.17) is 4.74 Å². The molecule has 3 heteroatoms. The fourth-order valence-corrected chi connectivity index (χ4v) is 3.20. The van der Waals surface area contributed by atoms with E-state index in [2.05, 4.69) is 75.2 Å². The van der Waals surface area contributed by atoms with Crippen molar-refractivity contribution in [3.8, 4) is 5.75 Å². The van der Waals surface area contributed by atoms with Gasteiger partial charge in [0.1, 0.15) is 5.75 Å². The molecule has 0 aromatic heterocycles. The molecule has 0 bridgehead atoms. The quantitative estimate of drug-likeness (QED) is 0.651. The minimum absolute atomic E-state index is 0.227. The van der Waals surface area contributed by atoms with Crippen molar-refractivity contribution in [3.63, 3.8) is 0 Å². The van der Waals surface area contributed by atoms with E-state index in [0.717, 1.165) is 23.2 Å². The Morgan fingerprint density at radius 3 is 2.63 bits per heavy atom. The molecule has 0 aliphatic carbocycles. The summed E-state index contributed by atoms with van der Waals surface area (Å²) < 4.78 is 6.70. The first kappa shape index (κ1) is 13.2. The normalized spacial score (nSPS) is 14.9. The average Bonchev–Trinajstić information content (AvgIpc) is 2.88. The van der Waals surface area contributed by atoms with E-state index in [-0.39, 0.29) is 4.83 Å². The third-order valence-corrected chi connectivity index (χ3v) is 5.43. The Balaban J connectivity index is 1.94. The van der Waals surface area contributed by atoms with Crippen molar-refractivity contribution in [1.82, 2.24) is 0 Å². The summed E-state index contributed by atoms with van der Waals surface area (Å²) in [5.74, 6) is 1.04.